The molecule has 5 nitrogen and oxygen atoms in total. The Bertz CT molecular complexity index is 353. The highest BCUT2D eigenvalue weighted by molar-refractivity contribution is 5.97. The molecule has 1 saturated carbocycles. The first kappa shape index (κ1) is 14.3. The normalized spacial score (nSPS) is 35.0. The van der Waals surface area contributed by atoms with Gasteiger partial charge in [0.05, 0.1) is 6.10 Å². The lowest BCUT2D eigenvalue weighted by Crippen LogP contribution is -2.67. The molecule has 0 radical (unpaired) electrons. The quantitative estimate of drug-likeness (QED) is 0.811. The van der Waals surface area contributed by atoms with Gasteiger partial charge in [0.25, 0.3) is 0 Å². The maximum Gasteiger partial charge on any atom is 0.246 e. The summed E-state index contributed by atoms with van der Waals surface area (Å²) < 4.78 is 5.27. The molecule has 0 bridgehead atoms. The standard InChI is InChI=1S/C14H24N2O3/c1-4-6-11-14(18)16(9-7-10(8-9)19-3)12(5-2)13(17)15-11/h9-12H,4-8H2,1-3H3,(H,15,17). The van der Waals surface area contributed by atoms with E-state index >= 15 is 0 Å². The third-order valence-corrected chi connectivity index (χ3v) is 4.27. The lowest BCUT2D eigenvalue weighted by atomic mass is 9.85. The molecule has 2 amide bonds. The molecule has 0 spiro atoms. The number of piperazine rings is 1. The van der Waals surface area contributed by atoms with Crippen molar-refractivity contribution < 1.29 is 14.3 Å². The Balaban J connectivity index is 2.10. The summed E-state index contributed by atoms with van der Waals surface area (Å²) in [7, 11) is 1.70. The zero-order valence-corrected chi connectivity index (χ0v) is 12.0. The second-order valence-corrected chi connectivity index (χ2v) is 5.50. The van der Waals surface area contributed by atoms with Gasteiger partial charge in [-0.05, 0) is 25.7 Å². The molecule has 1 saturated heterocycles. The minimum absolute atomic E-state index is 0.00131. The van der Waals surface area contributed by atoms with Crippen molar-refractivity contribution in [3.8, 4) is 0 Å². The van der Waals surface area contributed by atoms with Gasteiger partial charge in [-0.15, -0.1) is 0 Å². The highest BCUT2D eigenvalue weighted by atomic mass is 16.5. The summed E-state index contributed by atoms with van der Waals surface area (Å²) >= 11 is 0. The van der Waals surface area contributed by atoms with Crippen molar-refractivity contribution in [2.24, 2.45) is 0 Å². The largest absolute Gasteiger partial charge is 0.381 e. The first-order valence-electron chi connectivity index (χ1n) is 7.27. The second-order valence-electron chi connectivity index (χ2n) is 5.50. The summed E-state index contributed by atoms with van der Waals surface area (Å²) in [5.41, 5.74) is 0. The van der Waals surface area contributed by atoms with Gasteiger partial charge in [0.15, 0.2) is 0 Å². The molecule has 1 N–H and O–H groups in total. The van der Waals surface area contributed by atoms with Crippen LogP contribution in [-0.4, -0.2) is 48.1 Å². The molecular weight excluding hydrogens is 244 g/mol. The van der Waals surface area contributed by atoms with Crippen LogP contribution in [0.5, 0.6) is 0 Å². The van der Waals surface area contributed by atoms with E-state index in [-0.39, 0.29) is 36.0 Å². The van der Waals surface area contributed by atoms with Gasteiger partial charge < -0.3 is 15.0 Å². The van der Waals surface area contributed by atoms with Crippen LogP contribution in [0, 0.1) is 0 Å². The average molecular weight is 268 g/mol. The highest BCUT2D eigenvalue weighted by Crippen LogP contribution is 2.32. The fourth-order valence-electron chi connectivity index (χ4n) is 3.05. The van der Waals surface area contributed by atoms with Gasteiger partial charge in [0.1, 0.15) is 12.1 Å². The molecule has 2 rings (SSSR count). The van der Waals surface area contributed by atoms with Crippen LogP contribution in [0.25, 0.3) is 0 Å². The summed E-state index contributed by atoms with van der Waals surface area (Å²) in [5, 5.41) is 2.86. The summed E-state index contributed by atoms with van der Waals surface area (Å²) in [6, 6.07) is -0.460. The number of carbonyl (C=O) groups is 2. The predicted octanol–water partition coefficient (Wildman–Crippen LogP) is 1.07. The second kappa shape index (κ2) is 5.90. The molecule has 2 unspecified atom stereocenters. The molecule has 1 heterocycles. The molecule has 2 aliphatic rings. The third-order valence-electron chi connectivity index (χ3n) is 4.27. The van der Waals surface area contributed by atoms with Crippen LogP contribution in [0.1, 0.15) is 46.0 Å². The van der Waals surface area contributed by atoms with Crippen molar-refractivity contribution in [2.45, 2.75) is 70.2 Å². The zero-order valence-electron chi connectivity index (χ0n) is 12.0. The SMILES string of the molecule is CCCC1NC(=O)C(CC)N(C2CC(OC)C2)C1=O. The summed E-state index contributed by atoms with van der Waals surface area (Å²) in [6.45, 7) is 3.98. The predicted molar refractivity (Wildman–Crippen MR) is 71.6 cm³/mol. The van der Waals surface area contributed by atoms with Crippen LogP contribution >= 0.6 is 0 Å². The Kier molecular flexibility index (Phi) is 4.45. The fourth-order valence-corrected chi connectivity index (χ4v) is 3.05. The van der Waals surface area contributed by atoms with Crippen molar-refractivity contribution in [3.63, 3.8) is 0 Å². The monoisotopic (exact) mass is 268 g/mol. The third kappa shape index (κ3) is 2.61. The zero-order chi connectivity index (χ0) is 14.0. The molecule has 0 aromatic rings. The highest BCUT2D eigenvalue weighted by Gasteiger charge is 2.46. The van der Waals surface area contributed by atoms with E-state index in [2.05, 4.69) is 5.32 Å². The number of carbonyl (C=O) groups excluding carboxylic acids is 2. The van der Waals surface area contributed by atoms with Crippen LogP contribution in [0.3, 0.4) is 0 Å². The summed E-state index contributed by atoms with van der Waals surface area (Å²) in [4.78, 5) is 26.5. The van der Waals surface area contributed by atoms with Crippen molar-refractivity contribution in [2.75, 3.05) is 7.11 Å². The molecule has 0 aromatic carbocycles. The maximum absolute atomic E-state index is 12.5. The van der Waals surface area contributed by atoms with E-state index in [1.165, 1.54) is 0 Å². The first-order chi connectivity index (χ1) is 9.12. The van der Waals surface area contributed by atoms with Gasteiger partial charge in [-0.2, -0.15) is 0 Å². The topological polar surface area (TPSA) is 58.6 Å². The minimum atomic E-state index is -0.332. The van der Waals surface area contributed by atoms with E-state index in [0.717, 1.165) is 25.7 Å². The number of amides is 2. The van der Waals surface area contributed by atoms with Gasteiger partial charge in [-0.3, -0.25) is 9.59 Å². The van der Waals surface area contributed by atoms with Crippen LogP contribution in [0.2, 0.25) is 0 Å². The molecule has 108 valence electrons. The number of nitrogens with zero attached hydrogens (tertiary/aromatic N) is 1. The van der Waals surface area contributed by atoms with Gasteiger partial charge in [0, 0.05) is 13.2 Å². The van der Waals surface area contributed by atoms with E-state index in [1.54, 1.807) is 7.11 Å². The average Bonchev–Trinajstić information content (AvgIpc) is 2.34. The Labute approximate surface area is 114 Å². The lowest BCUT2D eigenvalue weighted by Gasteiger charge is -2.48. The fraction of sp³-hybridized carbons (Fsp3) is 0.857. The minimum Gasteiger partial charge on any atom is -0.381 e. The number of hydrogen-bond donors (Lipinski definition) is 1. The van der Waals surface area contributed by atoms with Gasteiger partial charge in [-0.25, -0.2) is 0 Å². The van der Waals surface area contributed by atoms with Gasteiger partial charge >= 0.3 is 0 Å². The number of hydrogen-bond acceptors (Lipinski definition) is 3. The van der Waals surface area contributed by atoms with Crippen molar-refractivity contribution in [3.05, 3.63) is 0 Å². The van der Waals surface area contributed by atoms with E-state index in [4.69, 9.17) is 4.74 Å². The molecule has 2 atom stereocenters. The van der Waals surface area contributed by atoms with E-state index in [1.807, 2.05) is 18.7 Å². The molecule has 2 fully saturated rings. The van der Waals surface area contributed by atoms with E-state index in [9.17, 15) is 9.59 Å². The smallest absolute Gasteiger partial charge is 0.246 e. The number of rotatable bonds is 5. The molecule has 1 aliphatic carbocycles. The summed E-state index contributed by atoms with van der Waals surface area (Å²) in [5.74, 6) is 0.0919. The Hall–Kier alpha value is -1.10. The van der Waals surface area contributed by atoms with Crippen molar-refractivity contribution in [1.82, 2.24) is 10.2 Å². The lowest BCUT2D eigenvalue weighted by molar-refractivity contribution is -0.158. The van der Waals surface area contributed by atoms with E-state index < -0.39 is 0 Å². The van der Waals surface area contributed by atoms with Gasteiger partial charge in [-0.1, -0.05) is 20.3 Å². The van der Waals surface area contributed by atoms with Crippen LogP contribution in [-0.2, 0) is 14.3 Å². The summed E-state index contributed by atoms with van der Waals surface area (Å²) in [6.07, 6.45) is 4.23. The maximum atomic E-state index is 12.5. The number of methoxy groups -OCH3 is 1. The first-order valence-corrected chi connectivity index (χ1v) is 7.27. The number of ether oxygens (including phenoxy) is 1. The van der Waals surface area contributed by atoms with Crippen LogP contribution in [0.4, 0.5) is 0 Å². The Morgan fingerprint density at radius 1 is 1.32 bits per heavy atom. The van der Waals surface area contributed by atoms with Crippen LogP contribution in [0.15, 0.2) is 0 Å². The molecule has 0 aromatic heterocycles. The Morgan fingerprint density at radius 3 is 2.53 bits per heavy atom. The van der Waals surface area contributed by atoms with Crippen LogP contribution < -0.4 is 5.32 Å². The molecule has 5 heteroatoms. The van der Waals surface area contributed by atoms with Gasteiger partial charge in [0.2, 0.25) is 11.8 Å². The van der Waals surface area contributed by atoms with Crippen molar-refractivity contribution in [1.29, 1.82) is 0 Å². The van der Waals surface area contributed by atoms with Crippen molar-refractivity contribution >= 4 is 11.8 Å². The molecule has 1 aliphatic heterocycles. The Morgan fingerprint density at radius 2 is 2.00 bits per heavy atom. The number of nitrogens with one attached hydrogen (secondary N) is 1. The van der Waals surface area contributed by atoms with E-state index in [0.29, 0.717) is 6.42 Å². The molecule has 19 heavy (non-hydrogen) atoms. The molecular formula is C14H24N2O3.